The van der Waals surface area contributed by atoms with Gasteiger partial charge in [0.25, 0.3) is 0 Å². The Balaban J connectivity index is 1.01. The lowest BCUT2D eigenvalue weighted by atomic mass is 9.99. The zero-order valence-electron chi connectivity index (χ0n) is 37.3. The van der Waals surface area contributed by atoms with E-state index in [4.69, 9.17) is 15.0 Å². The predicted molar refractivity (Wildman–Crippen MR) is 285 cm³/mol. The Morgan fingerprint density at radius 3 is 1.30 bits per heavy atom. The van der Waals surface area contributed by atoms with Gasteiger partial charge in [-0.25, -0.2) is 4.98 Å². The normalized spacial score (nSPS) is 11.8. The maximum absolute atomic E-state index is 5.49. The third-order valence-electron chi connectivity index (χ3n) is 13.7. The van der Waals surface area contributed by atoms with Crippen LogP contribution in [0.2, 0.25) is 0 Å². The summed E-state index contributed by atoms with van der Waals surface area (Å²) in [7, 11) is 0. The molecule has 0 spiro atoms. The highest BCUT2D eigenvalue weighted by molar-refractivity contribution is 6.23. The highest BCUT2D eigenvalue weighted by atomic mass is 15.2. The summed E-state index contributed by atoms with van der Waals surface area (Å²) < 4.78 is 7.02. The maximum atomic E-state index is 5.49. The summed E-state index contributed by atoms with van der Waals surface area (Å²) in [5, 5.41) is 6.87. The predicted octanol–water partition coefficient (Wildman–Crippen LogP) is 15.8. The van der Waals surface area contributed by atoms with Gasteiger partial charge in [-0.3, -0.25) is 4.57 Å². The van der Waals surface area contributed by atoms with E-state index in [-0.39, 0.29) is 0 Å². The van der Waals surface area contributed by atoms with Crippen molar-refractivity contribution in [1.29, 1.82) is 0 Å². The van der Waals surface area contributed by atoms with Crippen molar-refractivity contribution in [2.45, 2.75) is 0 Å². The van der Waals surface area contributed by atoms with Crippen LogP contribution in [0.1, 0.15) is 0 Å². The molecule has 0 amide bonds. The number of hydrogen-bond donors (Lipinski definition) is 0. The van der Waals surface area contributed by atoms with Crippen LogP contribution in [-0.4, -0.2) is 28.7 Å². The van der Waals surface area contributed by atoms with Gasteiger partial charge in [0.2, 0.25) is 5.95 Å². The van der Waals surface area contributed by atoms with E-state index >= 15 is 0 Å². The van der Waals surface area contributed by atoms with E-state index in [1.807, 2.05) is 18.2 Å². The summed E-state index contributed by atoms with van der Waals surface area (Å²) in [4.78, 5) is 16.1. The fourth-order valence-electron chi connectivity index (χ4n) is 10.6. The fourth-order valence-corrected chi connectivity index (χ4v) is 10.6. The van der Waals surface area contributed by atoms with Crippen molar-refractivity contribution in [3.05, 3.63) is 243 Å². The minimum absolute atomic E-state index is 0.551. The minimum atomic E-state index is 0.551. The number of rotatable bonds is 7. The highest BCUT2D eigenvalue weighted by Gasteiger charge is 2.24. The van der Waals surface area contributed by atoms with Gasteiger partial charge in [-0.15, -0.1) is 0 Å². The van der Waals surface area contributed by atoms with Crippen LogP contribution in [0.25, 0.3) is 128 Å². The highest BCUT2D eigenvalue weighted by Crippen LogP contribution is 2.42. The Bertz CT molecular complexity index is 4280. The Morgan fingerprint density at radius 1 is 0.232 bits per heavy atom. The van der Waals surface area contributed by atoms with E-state index in [0.717, 1.165) is 82.7 Å². The molecule has 0 bridgehead atoms. The average Bonchev–Trinajstić information content (AvgIpc) is 4.07. The second-order valence-electron chi connectivity index (χ2n) is 17.6. The molecule has 0 aliphatic carbocycles. The standard InChI is InChI=1S/C63H40N6/c1-4-17-41(18-5-1)44-21-16-22-45(39-44)42-31-34-48(35-32-42)68-56-29-14-10-25-49(56)52-36-37-53-50-26-11-15-30-57(50)69(60(53)59(52)68)63-65-61(43-19-6-2-7-20-43)64-62(66-63)46-33-38-58-54(40-46)51-27-12-13-28-55(51)67(58)47-23-8-3-9-24-47/h1-40H. The van der Waals surface area contributed by atoms with Crippen LogP contribution in [0.15, 0.2) is 243 Å². The smallest absolute Gasteiger partial charge is 0.238 e. The van der Waals surface area contributed by atoms with Crippen molar-refractivity contribution in [3.8, 4) is 62.4 Å². The molecule has 322 valence electrons. The van der Waals surface area contributed by atoms with Crippen LogP contribution in [-0.2, 0) is 0 Å². The first-order valence-electron chi connectivity index (χ1n) is 23.4. The molecule has 14 rings (SSSR count). The number of nitrogens with zero attached hydrogens (tertiary/aromatic N) is 6. The summed E-state index contributed by atoms with van der Waals surface area (Å²) in [5.41, 5.74) is 15.3. The minimum Gasteiger partial charge on any atom is -0.309 e. The molecular weight excluding hydrogens is 841 g/mol. The van der Waals surface area contributed by atoms with Crippen molar-refractivity contribution >= 4 is 65.4 Å². The Kier molecular flexibility index (Phi) is 8.79. The molecule has 14 aromatic rings. The molecule has 0 aliphatic heterocycles. The monoisotopic (exact) mass is 880 g/mol. The molecule has 10 aromatic carbocycles. The zero-order chi connectivity index (χ0) is 45.4. The molecule has 0 radical (unpaired) electrons. The summed E-state index contributed by atoms with van der Waals surface area (Å²) in [5.74, 6) is 1.76. The van der Waals surface area contributed by atoms with Gasteiger partial charge in [-0.05, 0) is 89.0 Å². The molecule has 0 atom stereocenters. The Morgan fingerprint density at radius 2 is 0.667 bits per heavy atom. The SMILES string of the molecule is c1ccc(-c2cccc(-c3ccc(-n4c5ccccc5c5ccc6c7ccccc7n(-c7nc(-c8ccccc8)nc(-c8ccc9c(c8)c8ccccc8n9-c8ccccc8)n7)c6c54)cc3)c2)cc1. The van der Waals surface area contributed by atoms with Crippen LogP contribution in [0.4, 0.5) is 0 Å². The molecule has 6 nitrogen and oxygen atoms in total. The summed E-state index contributed by atoms with van der Waals surface area (Å²) in [6.07, 6.45) is 0. The van der Waals surface area contributed by atoms with Crippen LogP contribution in [0.3, 0.4) is 0 Å². The molecule has 0 aliphatic rings. The van der Waals surface area contributed by atoms with Gasteiger partial charge in [-0.1, -0.05) is 176 Å². The molecule has 0 saturated heterocycles. The molecule has 0 saturated carbocycles. The number of aromatic nitrogens is 6. The summed E-state index contributed by atoms with van der Waals surface area (Å²) in [6.45, 7) is 0. The number of para-hydroxylation sites is 4. The summed E-state index contributed by atoms with van der Waals surface area (Å²) >= 11 is 0. The number of hydrogen-bond acceptors (Lipinski definition) is 3. The lowest BCUT2D eigenvalue weighted by Crippen LogP contribution is -2.07. The molecule has 4 aromatic heterocycles. The van der Waals surface area contributed by atoms with Gasteiger partial charge in [-0.2, -0.15) is 9.97 Å². The summed E-state index contributed by atoms with van der Waals surface area (Å²) in [6, 6.07) is 86.3. The molecule has 6 heteroatoms. The molecule has 4 heterocycles. The first-order valence-corrected chi connectivity index (χ1v) is 23.4. The van der Waals surface area contributed by atoms with Crippen molar-refractivity contribution in [3.63, 3.8) is 0 Å². The first-order chi connectivity index (χ1) is 34.2. The van der Waals surface area contributed by atoms with E-state index in [1.54, 1.807) is 0 Å². The first kappa shape index (κ1) is 38.8. The van der Waals surface area contributed by atoms with Gasteiger partial charge in [0, 0.05) is 54.8 Å². The molecule has 0 unspecified atom stereocenters. The molecule has 0 N–H and O–H groups in total. The van der Waals surface area contributed by atoms with E-state index in [9.17, 15) is 0 Å². The third-order valence-corrected chi connectivity index (χ3v) is 13.7. The second-order valence-corrected chi connectivity index (χ2v) is 17.6. The number of fused-ring (bicyclic) bond motifs is 10. The largest absolute Gasteiger partial charge is 0.309 e. The van der Waals surface area contributed by atoms with E-state index in [2.05, 4.69) is 238 Å². The maximum Gasteiger partial charge on any atom is 0.238 e. The van der Waals surface area contributed by atoms with Crippen molar-refractivity contribution in [2.24, 2.45) is 0 Å². The molecule has 0 fully saturated rings. The molecule has 69 heavy (non-hydrogen) atoms. The van der Waals surface area contributed by atoms with E-state index < -0.39 is 0 Å². The van der Waals surface area contributed by atoms with Crippen molar-refractivity contribution in [2.75, 3.05) is 0 Å². The van der Waals surface area contributed by atoms with Gasteiger partial charge < -0.3 is 9.13 Å². The van der Waals surface area contributed by atoms with Crippen LogP contribution < -0.4 is 0 Å². The lowest BCUT2D eigenvalue weighted by molar-refractivity contribution is 0.953. The fraction of sp³-hybridized carbons (Fsp3) is 0. The van der Waals surface area contributed by atoms with Crippen molar-refractivity contribution < 1.29 is 0 Å². The lowest BCUT2D eigenvalue weighted by Gasteiger charge is -2.14. The van der Waals surface area contributed by atoms with Crippen LogP contribution in [0, 0.1) is 0 Å². The van der Waals surface area contributed by atoms with Gasteiger partial charge in [0.15, 0.2) is 11.6 Å². The zero-order valence-corrected chi connectivity index (χ0v) is 37.3. The van der Waals surface area contributed by atoms with Gasteiger partial charge in [0.1, 0.15) is 0 Å². The quantitative estimate of drug-likeness (QED) is 0.160. The van der Waals surface area contributed by atoms with Crippen LogP contribution >= 0.6 is 0 Å². The van der Waals surface area contributed by atoms with Gasteiger partial charge in [0.05, 0.1) is 33.1 Å². The molecular formula is C63H40N6. The van der Waals surface area contributed by atoms with Gasteiger partial charge >= 0.3 is 0 Å². The third kappa shape index (κ3) is 6.23. The number of benzene rings is 10. The van der Waals surface area contributed by atoms with Crippen LogP contribution in [0.5, 0.6) is 0 Å². The topological polar surface area (TPSA) is 53.5 Å². The van der Waals surface area contributed by atoms with E-state index in [1.165, 1.54) is 27.5 Å². The Labute approximate surface area is 397 Å². The Hall–Kier alpha value is -9.39. The van der Waals surface area contributed by atoms with E-state index in [0.29, 0.717) is 17.6 Å². The second kappa shape index (κ2) is 15.6. The van der Waals surface area contributed by atoms with Crippen molar-refractivity contribution in [1.82, 2.24) is 28.7 Å². The average molecular weight is 881 g/mol.